The van der Waals surface area contributed by atoms with Crippen LogP contribution in [0.1, 0.15) is 0 Å². The molecule has 16 heavy (non-hydrogen) atoms. The lowest BCUT2D eigenvalue weighted by molar-refractivity contribution is 1.13. The Hall–Kier alpha value is -2.36. The third-order valence-corrected chi connectivity index (χ3v) is 2.52. The smallest absolute Gasteiger partial charge is 0.149 e. The van der Waals surface area contributed by atoms with Gasteiger partial charge in [-0.3, -0.25) is 4.40 Å². The van der Waals surface area contributed by atoms with Gasteiger partial charge in [0, 0.05) is 18.0 Å². The Morgan fingerprint density at radius 3 is 2.69 bits per heavy atom. The van der Waals surface area contributed by atoms with E-state index in [1.807, 2.05) is 40.9 Å². The summed E-state index contributed by atoms with van der Waals surface area (Å²) >= 11 is 0. The Kier molecular flexibility index (Phi) is 1.86. The number of hydrogen-bond acceptors (Lipinski definition) is 3. The molecule has 0 unspecified atom stereocenters. The van der Waals surface area contributed by atoms with Gasteiger partial charge in [0.25, 0.3) is 0 Å². The average molecular weight is 210 g/mol. The van der Waals surface area contributed by atoms with E-state index in [2.05, 4.69) is 9.97 Å². The summed E-state index contributed by atoms with van der Waals surface area (Å²) in [7, 11) is 0. The number of imidazole rings is 1. The van der Waals surface area contributed by atoms with Gasteiger partial charge in [-0.15, -0.1) is 0 Å². The van der Waals surface area contributed by atoms with Crippen LogP contribution in [0.25, 0.3) is 16.9 Å². The number of aromatic nitrogens is 3. The minimum Gasteiger partial charge on any atom is -0.382 e. The Labute approximate surface area is 92.4 Å². The first-order valence-corrected chi connectivity index (χ1v) is 4.99. The van der Waals surface area contributed by atoms with Crippen molar-refractivity contribution in [3.05, 3.63) is 48.9 Å². The largest absolute Gasteiger partial charge is 0.382 e. The maximum Gasteiger partial charge on any atom is 0.149 e. The van der Waals surface area contributed by atoms with Crippen LogP contribution < -0.4 is 5.73 Å². The molecule has 2 N–H and O–H groups in total. The van der Waals surface area contributed by atoms with Gasteiger partial charge in [0.1, 0.15) is 17.2 Å². The number of hydrogen-bond donors (Lipinski definition) is 1. The highest BCUT2D eigenvalue weighted by molar-refractivity contribution is 5.70. The Morgan fingerprint density at radius 1 is 1.06 bits per heavy atom. The molecule has 0 aliphatic carbocycles. The van der Waals surface area contributed by atoms with E-state index in [-0.39, 0.29) is 0 Å². The van der Waals surface area contributed by atoms with Crippen molar-refractivity contribution in [3.63, 3.8) is 0 Å². The van der Waals surface area contributed by atoms with E-state index in [1.54, 1.807) is 12.4 Å². The first kappa shape index (κ1) is 8.91. The van der Waals surface area contributed by atoms with Gasteiger partial charge in [-0.1, -0.05) is 30.3 Å². The molecule has 78 valence electrons. The Bertz CT molecular complexity index is 628. The van der Waals surface area contributed by atoms with E-state index >= 15 is 0 Å². The van der Waals surface area contributed by atoms with Crippen LogP contribution >= 0.6 is 0 Å². The van der Waals surface area contributed by atoms with Crippen molar-refractivity contribution < 1.29 is 0 Å². The third kappa shape index (κ3) is 1.24. The Morgan fingerprint density at radius 2 is 1.88 bits per heavy atom. The third-order valence-electron chi connectivity index (χ3n) is 2.52. The Balaban J connectivity index is 2.30. The number of nitrogen functional groups attached to an aromatic ring is 1. The van der Waals surface area contributed by atoms with Crippen molar-refractivity contribution >= 4 is 11.3 Å². The molecule has 3 rings (SSSR count). The van der Waals surface area contributed by atoms with Crippen molar-refractivity contribution in [2.45, 2.75) is 0 Å². The molecule has 0 radical (unpaired) electrons. The predicted octanol–water partition coefficient (Wildman–Crippen LogP) is 1.98. The zero-order valence-electron chi connectivity index (χ0n) is 8.54. The molecule has 0 aliphatic heterocycles. The first-order valence-electron chi connectivity index (χ1n) is 4.99. The van der Waals surface area contributed by atoms with E-state index in [9.17, 15) is 0 Å². The number of fused-ring (bicyclic) bond motifs is 1. The summed E-state index contributed by atoms with van der Waals surface area (Å²) in [6, 6.07) is 9.99. The van der Waals surface area contributed by atoms with Crippen LogP contribution in [0.3, 0.4) is 0 Å². The van der Waals surface area contributed by atoms with Crippen LogP contribution in [0.2, 0.25) is 0 Å². The molecule has 4 heteroatoms. The predicted molar refractivity (Wildman–Crippen MR) is 62.8 cm³/mol. The summed E-state index contributed by atoms with van der Waals surface area (Å²) in [6.45, 7) is 0. The van der Waals surface area contributed by atoms with E-state index in [1.165, 1.54) is 0 Å². The molecule has 0 atom stereocenters. The number of nitrogens with zero attached hydrogens (tertiary/aromatic N) is 3. The fraction of sp³-hybridized carbons (Fsp3) is 0. The molecule has 4 nitrogen and oxygen atoms in total. The van der Waals surface area contributed by atoms with Gasteiger partial charge in [0.05, 0.1) is 6.20 Å². The van der Waals surface area contributed by atoms with Crippen molar-refractivity contribution in [3.8, 4) is 11.4 Å². The number of benzene rings is 1. The first-order chi connectivity index (χ1) is 7.86. The number of anilines is 1. The minimum atomic E-state index is 0.497. The van der Waals surface area contributed by atoms with Crippen LogP contribution in [0.15, 0.2) is 48.9 Å². The lowest BCUT2D eigenvalue weighted by Gasteiger charge is -2.01. The highest BCUT2D eigenvalue weighted by Crippen LogP contribution is 2.20. The van der Waals surface area contributed by atoms with Gasteiger partial charge in [0.15, 0.2) is 0 Å². The lowest BCUT2D eigenvalue weighted by Crippen LogP contribution is -1.95. The van der Waals surface area contributed by atoms with Crippen molar-refractivity contribution in [1.82, 2.24) is 14.4 Å². The molecular weight excluding hydrogens is 200 g/mol. The zero-order chi connectivity index (χ0) is 11.0. The average Bonchev–Trinajstić information content (AvgIpc) is 2.75. The lowest BCUT2D eigenvalue weighted by atomic mass is 10.2. The molecular formula is C12H10N4. The van der Waals surface area contributed by atoms with Gasteiger partial charge in [-0.2, -0.15) is 0 Å². The van der Waals surface area contributed by atoms with Crippen molar-refractivity contribution in [2.75, 3.05) is 5.73 Å². The summed E-state index contributed by atoms with van der Waals surface area (Å²) in [5.74, 6) is 1.38. The quantitative estimate of drug-likeness (QED) is 0.668. The summed E-state index contributed by atoms with van der Waals surface area (Å²) in [5, 5.41) is 0. The van der Waals surface area contributed by atoms with Crippen molar-refractivity contribution in [2.24, 2.45) is 0 Å². The second kappa shape index (κ2) is 3.34. The second-order valence-corrected chi connectivity index (χ2v) is 3.52. The molecule has 0 aliphatic rings. The van der Waals surface area contributed by atoms with Crippen LogP contribution in [0.4, 0.5) is 5.82 Å². The maximum atomic E-state index is 5.78. The summed E-state index contributed by atoms with van der Waals surface area (Å²) < 4.78 is 1.94. The van der Waals surface area contributed by atoms with E-state index in [0.29, 0.717) is 5.82 Å². The summed E-state index contributed by atoms with van der Waals surface area (Å²) in [6.07, 6.45) is 5.28. The molecule has 0 saturated carbocycles. The summed E-state index contributed by atoms with van der Waals surface area (Å²) in [4.78, 5) is 8.40. The molecule has 0 saturated heterocycles. The number of nitrogens with two attached hydrogens (primary N) is 1. The minimum absolute atomic E-state index is 0.497. The van der Waals surface area contributed by atoms with Crippen LogP contribution in [-0.4, -0.2) is 14.4 Å². The van der Waals surface area contributed by atoms with E-state index in [4.69, 9.17) is 5.73 Å². The standard InChI is InChI=1S/C12H10N4/c13-11-10-8-15-12(16(10)7-6-14-11)9-4-2-1-3-5-9/h1-8H,(H2,13,14). The molecule has 2 heterocycles. The van der Waals surface area contributed by atoms with Gasteiger partial charge in [-0.25, -0.2) is 9.97 Å². The zero-order valence-corrected chi connectivity index (χ0v) is 8.54. The fourth-order valence-corrected chi connectivity index (χ4v) is 1.75. The molecule has 0 fully saturated rings. The van der Waals surface area contributed by atoms with Gasteiger partial charge < -0.3 is 5.73 Å². The molecule has 1 aromatic carbocycles. The van der Waals surface area contributed by atoms with E-state index in [0.717, 1.165) is 16.9 Å². The van der Waals surface area contributed by atoms with E-state index < -0.39 is 0 Å². The van der Waals surface area contributed by atoms with Crippen LogP contribution in [0.5, 0.6) is 0 Å². The fourth-order valence-electron chi connectivity index (χ4n) is 1.75. The summed E-state index contributed by atoms with van der Waals surface area (Å²) in [5.41, 5.74) is 7.67. The SMILES string of the molecule is Nc1nccn2c(-c3ccccc3)ncc12. The molecule has 0 bridgehead atoms. The topological polar surface area (TPSA) is 56.2 Å². The highest BCUT2D eigenvalue weighted by atomic mass is 15.0. The van der Waals surface area contributed by atoms with Gasteiger partial charge in [0.2, 0.25) is 0 Å². The van der Waals surface area contributed by atoms with Crippen LogP contribution in [0, 0.1) is 0 Å². The van der Waals surface area contributed by atoms with Gasteiger partial charge in [-0.05, 0) is 0 Å². The number of rotatable bonds is 1. The monoisotopic (exact) mass is 210 g/mol. The molecule has 3 aromatic rings. The molecule has 0 amide bonds. The molecule has 2 aromatic heterocycles. The normalized spacial score (nSPS) is 10.8. The van der Waals surface area contributed by atoms with Crippen LogP contribution in [-0.2, 0) is 0 Å². The molecule has 0 spiro atoms. The highest BCUT2D eigenvalue weighted by Gasteiger charge is 2.07. The van der Waals surface area contributed by atoms with Crippen molar-refractivity contribution in [1.29, 1.82) is 0 Å². The van der Waals surface area contributed by atoms with Gasteiger partial charge >= 0.3 is 0 Å². The second-order valence-electron chi connectivity index (χ2n) is 3.52. The maximum absolute atomic E-state index is 5.78.